The van der Waals surface area contributed by atoms with Crippen LogP contribution in [0.5, 0.6) is 0 Å². The molecule has 1 unspecified atom stereocenters. The predicted molar refractivity (Wildman–Crippen MR) is 97.6 cm³/mol. The Morgan fingerprint density at radius 2 is 1.60 bits per heavy atom. The number of nitrogens with one attached hydrogen (secondary N) is 2. The minimum atomic E-state index is -0.835. The van der Waals surface area contributed by atoms with E-state index in [2.05, 4.69) is 10.6 Å². The quantitative estimate of drug-likeness (QED) is 0.797. The van der Waals surface area contributed by atoms with E-state index in [1.165, 1.54) is 12.1 Å². The highest BCUT2D eigenvalue weighted by Gasteiger charge is 2.25. The third-order valence-corrected chi connectivity index (χ3v) is 4.02. The maximum absolute atomic E-state index is 13.8. The molecule has 0 aliphatic heterocycles. The van der Waals surface area contributed by atoms with Crippen molar-refractivity contribution in [3.8, 4) is 0 Å². The summed E-state index contributed by atoms with van der Waals surface area (Å²) >= 11 is 11.5. The van der Waals surface area contributed by atoms with E-state index in [-0.39, 0.29) is 16.6 Å². The standard InChI is InChI=1S/C18H17Cl2FN2O2/c1-10(2)16(23-17(24)11-3-5-12(19)6-4-11)18(25)22-15-8-7-13(20)9-14(15)21/h3-10,16H,1-2H3,(H,22,25)(H,23,24). The van der Waals surface area contributed by atoms with E-state index in [1.807, 2.05) is 0 Å². The molecule has 0 fully saturated rings. The summed E-state index contributed by atoms with van der Waals surface area (Å²) in [5.74, 6) is -1.78. The van der Waals surface area contributed by atoms with E-state index in [9.17, 15) is 14.0 Å². The van der Waals surface area contributed by atoms with Gasteiger partial charge in [0.25, 0.3) is 5.91 Å². The van der Waals surface area contributed by atoms with Crippen molar-refractivity contribution in [3.63, 3.8) is 0 Å². The van der Waals surface area contributed by atoms with Gasteiger partial charge in [-0.3, -0.25) is 9.59 Å². The first-order chi connectivity index (χ1) is 11.8. The molecule has 0 saturated carbocycles. The van der Waals surface area contributed by atoms with Crippen LogP contribution in [-0.4, -0.2) is 17.9 Å². The second-order valence-corrected chi connectivity index (χ2v) is 6.69. The van der Waals surface area contributed by atoms with Gasteiger partial charge in [-0.2, -0.15) is 0 Å². The van der Waals surface area contributed by atoms with Gasteiger partial charge in [0.1, 0.15) is 11.9 Å². The highest BCUT2D eigenvalue weighted by Crippen LogP contribution is 2.19. The molecule has 4 nitrogen and oxygen atoms in total. The maximum atomic E-state index is 13.8. The van der Waals surface area contributed by atoms with Gasteiger partial charge in [-0.15, -0.1) is 0 Å². The van der Waals surface area contributed by atoms with Crippen molar-refractivity contribution in [2.75, 3.05) is 5.32 Å². The number of hydrogen-bond donors (Lipinski definition) is 2. The molecule has 1 atom stereocenters. The Hall–Kier alpha value is -2.11. The summed E-state index contributed by atoms with van der Waals surface area (Å²) in [6, 6.07) is 9.41. The summed E-state index contributed by atoms with van der Waals surface area (Å²) < 4.78 is 13.8. The second kappa shape index (κ2) is 8.32. The van der Waals surface area contributed by atoms with Gasteiger partial charge in [-0.05, 0) is 48.4 Å². The summed E-state index contributed by atoms with van der Waals surface area (Å²) in [7, 11) is 0. The van der Waals surface area contributed by atoms with E-state index in [4.69, 9.17) is 23.2 Å². The number of halogens is 3. The highest BCUT2D eigenvalue weighted by molar-refractivity contribution is 6.31. The zero-order valence-electron chi connectivity index (χ0n) is 13.6. The van der Waals surface area contributed by atoms with Crippen LogP contribution in [0.4, 0.5) is 10.1 Å². The first-order valence-corrected chi connectivity index (χ1v) is 8.36. The van der Waals surface area contributed by atoms with Crippen molar-refractivity contribution in [3.05, 3.63) is 63.9 Å². The Bertz CT molecular complexity index is 779. The summed E-state index contributed by atoms with van der Waals surface area (Å²) in [5.41, 5.74) is 0.376. The number of amides is 2. The molecular formula is C18H17Cl2FN2O2. The predicted octanol–water partition coefficient (Wildman–Crippen LogP) is 4.53. The van der Waals surface area contributed by atoms with Crippen LogP contribution in [0.2, 0.25) is 10.0 Å². The van der Waals surface area contributed by atoms with Crippen LogP contribution in [0, 0.1) is 11.7 Å². The van der Waals surface area contributed by atoms with E-state index < -0.39 is 23.7 Å². The molecule has 0 bridgehead atoms. The van der Waals surface area contributed by atoms with Crippen molar-refractivity contribution in [2.45, 2.75) is 19.9 Å². The van der Waals surface area contributed by atoms with Gasteiger partial charge in [0.15, 0.2) is 0 Å². The third kappa shape index (κ3) is 5.18. The molecule has 132 valence electrons. The van der Waals surface area contributed by atoms with Gasteiger partial charge in [-0.1, -0.05) is 37.0 Å². The number of carbonyl (C=O) groups excluding carboxylic acids is 2. The summed E-state index contributed by atoms with van der Waals surface area (Å²) in [6.45, 7) is 3.56. The van der Waals surface area contributed by atoms with Crippen LogP contribution in [0.1, 0.15) is 24.2 Å². The molecule has 25 heavy (non-hydrogen) atoms. The monoisotopic (exact) mass is 382 g/mol. The summed E-state index contributed by atoms with van der Waals surface area (Å²) in [4.78, 5) is 24.8. The van der Waals surface area contributed by atoms with E-state index in [0.29, 0.717) is 10.6 Å². The van der Waals surface area contributed by atoms with Crippen molar-refractivity contribution in [1.29, 1.82) is 0 Å². The molecule has 2 aromatic rings. The first-order valence-electron chi connectivity index (χ1n) is 7.60. The molecule has 2 aromatic carbocycles. The Kier molecular flexibility index (Phi) is 6.39. The molecule has 0 saturated heterocycles. The molecule has 0 heterocycles. The van der Waals surface area contributed by atoms with Gasteiger partial charge < -0.3 is 10.6 Å². The fourth-order valence-corrected chi connectivity index (χ4v) is 2.45. The first kappa shape index (κ1) is 19.2. The molecule has 0 aliphatic carbocycles. The molecule has 0 radical (unpaired) electrons. The molecule has 0 aliphatic rings. The Morgan fingerprint density at radius 1 is 1.00 bits per heavy atom. The number of benzene rings is 2. The number of hydrogen-bond acceptors (Lipinski definition) is 2. The van der Waals surface area contributed by atoms with Crippen LogP contribution in [0.3, 0.4) is 0 Å². The summed E-state index contributed by atoms with van der Waals surface area (Å²) in [5, 5.41) is 5.87. The average molecular weight is 383 g/mol. The van der Waals surface area contributed by atoms with Gasteiger partial charge in [0, 0.05) is 15.6 Å². The zero-order chi connectivity index (χ0) is 18.6. The smallest absolute Gasteiger partial charge is 0.251 e. The van der Waals surface area contributed by atoms with Crippen molar-refractivity contribution < 1.29 is 14.0 Å². The molecule has 7 heteroatoms. The fourth-order valence-electron chi connectivity index (χ4n) is 2.16. The summed E-state index contributed by atoms with van der Waals surface area (Å²) in [6.07, 6.45) is 0. The zero-order valence-corrected chi connectivity index (χ0v) is 15.2. The number of anilines is 1. The lowest BCUT2D eigenvalue weighted by molar-refractivity contribution is -0.118. The minimum absolute atomic E-state index is 0.000733. The largest absolute Gasteiger partial charge is 0.340 e. The average Bonchev–Trinajstić information content (AvgIpc) is 2.55. The molecule has 0 aromatic heterocycles. The third-order valence-electron chi connectivity index (χ3n) is 3.53. The normalized spacial score (nSPS) is 11.9. The van der Waals surface area contributed by atoms with E-state index >= 15 is 0 Å². The Labute approximate surface area is 155 Å². The van der Waals surface area contributed by atoms with Crippen LogP contribution in [-0.2, 0) is 4.79 Å². The van der Waals surface area contributed by atoms with Crippen molar-refractivity contribution >= 4 is 40.7 Å². The minimum Gasteiger partial charge on any atom is -0.340 e. The van der Waals surface area contributed by atoms with Gasteiger partial charge in [0.2, 0.25) is 5.91 Å². The van der Waals surface area contributed by atoms with E-state index in [1.54, 1.807) is 38.1 Å². The van der Waals surface area contributed by atoms with Crippen molar-refractivity contribution in [2.24, 2.45) is 5.92 Å². The highest BCUT2D eigenvalue weighted by atomic mass is 35.5. The van der Waals surface area contributed by atoms with Gasteiger partial charge in [0.05, 0.1) is 5.69 Å². The lowest BCUT2D eigenvalue weighted by Crippen LogP contribution is -2.47. The molecule has 2 amide bonds. The molecular weight excluding hydrogens is 366 g/mol. The van der Waals surface area contributed by atoms with Crippen molar-refractivity contribution in [1.82, 2.24) is 5.32 Å². The van der Waals surface area contributed by atoms with Gasteiger partial charge >= 0.3 is 0 Å². The Morgan fingerprint density at radius 3 is 2.16 bits per heavy atom. The van der Waals surface area contributed by atoms with E-state index in [0.717, 1.165) is 6.07 Å². The lowest BCUT2D eigenvalue weighted by Gasteiger charge is -2.22. The fraction of sp³-hybridized carbons (Fsp3) is 0.222. The second-order valence-electron chi connectivity index (χ2n) is 5.82. The molecule has 2 N–H and O–H groups in total. The Balaban J connectivity index is 2.12. The van der Waals surface area contributed by atoms with Crippen LogP contribution < -0.4 is 10.6 Å². The number of carbonyl (C=O) groups is 2. The molecule has 0 spiro atoms. The topological polar surface area (TPSA) is 58.2 Å². The van der Waals surface area contributed by atoms with Gasteiger partial charge in [-0.25, -0.2) is 4.39 Å². The molecule has 2 rings (SSSR count). The lowest BCUT2D eigenvalue weighted by atomic mass is 10.0. The number of rotatable bonds is 5. The van der Waals surface area contributed by atoms with Crippen LogP contribution in [0.15, 0.2) is 42.5 Å². The SMILES string of the molecule is CC(C)C(NC(=O)c1ccc(Cl)cc1)C(=O)Nc1ccc(Cl)cc1F. The maximum Gasteiger partial charge on any atom is 0.251 e. The van der Waals surface area contributed by atoms with Crippen LogP contribution >= 0.6 is 23.2 Å². The van der Waals surface area contributed by atoms with Crippen LogP contribution in [0.25, 0.3) is 0 Å².